The predicted molar refractivity (Wildman–Crippen MR) is 255 cm³/mol. The molecule has 0 aromatic heterocycles. The molecule has 0 saturated heterocycles. The second-order valence-electron chi connectivity index (χ2n) is 17.5. The van der Waals surface area contributed by atoms with Gasteiger partial charge in [0.05, 0.1) is 25.2 Å². The summed E-state index contributed by atoms with van der Waals surface area (Å²) in [6, 6.07) is -0.706. The number of aliphatic hydroxyl groups excluding tert-OH is 2. The highest BCUT2D eigenvalue weighted by Gasteiger charge is 2.24. The van der Waals surface area contributed by atoms with E-state index in [0.29, 0.717) is 19.3 Å². The van der Waals surface area contributed by atoms with Crippen molar-refractivity contribution in [2.75, 3.05) is 6.61 Å². The molecule has 3 N–H and O–H groups in total. The number of carbonyl (C=O) groups excluding carboxylic acids is 2. The van der Waals surface area contributed by atoms with Gasteiger partial charge >= 0.3 is 5.97 Å². The number of unbranched alkanes of at least 4 members (excludes halogenated alkanes) is 28. The van der Waals surface area contributed by atoms with Crippen molar-refractivity contribution in [3.8, 4) is 0 Å². The monoisotopic (exact) mass is 830 g/mol. The summed E-state index contributed by atoms with van der Waals surface area (Å²) >= 11 is 0. The first-order valence-corrected chi connectivity index (χ1v) is 25.7. The lowest BCUT2D eigenvalue weighted by atomic mass is 10.0. The van der Waals surface area contributed by atoms with Crippen LogP contribution in [0.5, 0.6) is 0 Å². The molecule has 3 unspecified atom stereocenters. The Morgan fingerprint density at radius 2 is 0.915 bits per heavy atom. The maximum absolute atomic E-state index is 13.2. The van der Waals surface area contributed by atoms with Crippen LogP contribution in [0.3, 0.4) is 0 Å². The molecular weight excluding hydrogens is 731 g/mol. The van der Waals surface area contributed by atoms with E-state index in [-0.39, 0.29) is 24.9 Å². The Hall–Kier alpha value is -1.92. The molecule has 0 fully saturated rings. The summed E-state index contributed by atoms with van der Waals surface area (Å²) < 4.78 is 5.91. The fourth-order valence-corrected chi connectivity index (χ4v) is 7.82. The first kappa shape index (κ1) is 57.1. The molecule has 1 amide bonds. The number of amides is 1. The zero-order valence-electron chi connectivity index (χ0n) is 39.4. The van der Waals surface area contributed by atoms with E-state index in [9.17, 15) is 19.8 Å². The van der Waals surface area contributed by atoms with Gasteiger partial charge in [-0.2, -0.15) is 0 Å². The smallest absolute Gasteiger partial charge is 0.306 e. The molecule has 6 heteroatoms. The van der Waals surface area contributed by atoms with Crippen molar-refractivity contribution in [3.05, 3.63) is 36.5 Å². The zero-order chi connectivity index (χ0) is 43.1. The lowest BCUT2D eigenvalue weighted by Gasteiger charge is -2.24. The van der Waals surface area contributed by atoms with Crippen molar-refractivity contribution < 1.29 is 24.5 Å². The van der Waals surface area contributed by atoms with Crippen LogP contribution in [0, 0.1) is 0 Å². The van der Waals surface area contributed by atoms with E-state index in [0.717, 1.165) is 83.5 Å². The number of esters is 1. The largest absolute Gasteiger partial charge is 0.462 e. The minimum atomic E-state index is -0.792. The second-order valence-corrected chi connectivity index (χ2v) is 17.5. The fraction of sp³-hybridized carbons (Fsp3) is 0.849. The topological polar surface area (TPSA) is 95.9 Å². The molecule has 0 aliphatic heterocycles. The molecule has 0 bridgehead atoms. The third-order valence-corrected chi connectivity index (χ3v) is 11.7. The maximum atomic E-state index is 13.2. The summed E-state index contributed by atoms with van der Waals surface area (Å²) in [5, 5.41) is 23.8. The van der Waals surface area contributed by atoms with Crippen LogP contribution >= 0.6 is 0 Å². The van der Waals surface area contributed by atoms with E-state index < -0.39 is 18.2 Å². The lowest BCUT2D eigenvalue weighted by molar-refractivity contribution is -0.151. The number of hydrogen-bond donors (Lipinski definition) is 3. The molecular formula is C53H99NO5. The highest BCUT2D eigenvalue weighted by molar-refractivity contribution is 5.77. The van der Waals surface area contributed by atoms with Gasteiger partial charge in [0.2, 0.25) is 5.91 Å². The average molecular weight is 830 g/mol. The normalized spacial score (nSPS) is 13.5. The number of nitrogens with one attached hydrogen (secondary N) is 1. The molecule has 59 heavy (non-hydrogen) atoms. The van der Waals surface area contributed by atoms with Gasteiger partial charge in [0.1, 0.15) is 6.10 Å². The summed E-state index contributed by atoms with van der Waals surface area (Å²) in [4.78, 5) is 26.1. The van der Waals surface area contributed by atoms with Crippen molar-refractivity contribution >= 4 is 11.9 Å². The Morgan fingerprint density at radius 3 is 1.39 bits per heavy atom. The van der Waals surface area contributed by atoms with E-state index in [1.165, 1.54) is 135 Å². The van der Waals surface area contributed by atoms with Crippen molar-refractivity contribution in [3.63, 3.8) is 0 Å². The van der Waals surface area contributed by atoms with Crippen LogP contribution in [0.25, 0.3) is 0 Å². The van der Waals surface area contributed by atoms with Crippen LogP contribution in [-0.2, 0) is 14.3 Å². The molecule has 0 spiro atoms. The standard InChI is InChI=1S/C53H99NO5/c1-4-7-10-13-16-19-22-25-26-28-30-33-36-39-42-45-51(56)50(48-55)54-52(57)47-49(44-41-38-35-32-29-24-21-18-15-12-9-6-3)59-53(58)46-43-40-37-34-31-27-23-20-17-14-11-8-5-2/h9,12,18,21,27,31,49-51,55-56H,4-8,10-11,13-17,19-20,22-26,28-30,32-48H2,1-3H3,(H,54,57)/b12-9+,21-18+,31-27-. The lowest BCUT2D eigenvalue weighted by Crippen LogP contribution is -2.46. The van der Waals surface area contributed by atoms with Crippen LogP contribution < -0.4 is 5.32 Å². The molecule has 346 valence electrons. The second kappa shape index (κ2) is 47.1. The molecule has 3 atom stereocenters. The molecule has 6 nitrogen and oxygen atoms in total. The predicted octanol–water partition coefficient (Wildman–Crippen LogP) is 15.3. The third kappa shape index (κ3) is 42.6. The third-order valence-electron chi connectivity index (χ3n) is 11.7. The van der Waals surface area contributed by atoms with Crippen LogP contribution in [0.15, 0.2) is 36.5 Å². The quantitative estimate of drug-likeness (QED) is 0.0323. The zero-order valence-corrected chi connectivity index (χ0v) is 39.4. The molecule has 0 radical (unpaired) electrons. The molecule has 0 heterocycles. The van der Waals surface area contributed by atoms with Crippen molar-refractivity contribution in [2.24, 2.45) is 0 Å². The highest BCUT2D eigenvalue weighted by atomic mass is 16.5. The summed E-state index contributed by atoms with van der Waals surface area (Å²) in [6.07, 6.45) is 54.9. The van der Waals surface area contributed by atoms with Crippen LogP contribution in [-0.4, -0.2) is 46.9 Å². The van der Waals surface area contributed by atoms with E-state index in [2.05, 4.69) is 62.5 Å². The van der Waals surface area contributed by atoms with Gasteiger partial charge in [-0.05, 0) is 77.0 Å². The van der Waals surface area contributed by atoms with Gasteiger partial charge in [-0.15, -0.1) is 0 Å². The summed E-state index contributed by atoms with van der Waals surface area (Å²) in [5.41, 5.74) is 0. The van der Waals surface area contributed by atoms with Gasteiger partial charge < -0.3 is 20.3 Å². The summed E-state index contributed by atoms with van der Waals surface area (Å²) in [5.74, 6) is -0.500. The van der Waals surface area contributed by atoms with Gasteiger partial charge in [0, 0.05) is 6.42 Å². The Balaban J connectivity index is 4.55. The fourth-order valence-electron chi connectivity index (χ4n) is 7.82. The number of carbonyl (C=O) groups is 2. The van der Waals surface area contributed by atoms with Gasteiger partial charge in [0.25, 0.3) is 0 Å². The number of allylic oxidation sites excluding steroid dienone is 6. The Morgan fingerprint density at radius 1 is 0.508 bits per heavy atom. The maximum Gasteiger partial charge on any atom is 0.306 e. The highest BCUT2D eigenvalue weighted by Crippen LogP contribution is 2.18. The number of aliphatic hydroxyl groups is 2. The Bertz CT molecular complexity index is 977. The molecule has 0 aliphatic carbocycles. The first-order chi connectivity index (χ1) is 29.0. The Kier molecular flexibility index (Phi) is 45.6. The SMILES string of the molecule is CC/C=C/C/C=C/CCCCCCCC(CC(=O)NC(CO)C(O)CCCCCCCCCCCCCCCCC)OC(=O)CCCCC/C=C\CCCCCCCC. The van der Waals surface area contributed by atoms with Crippen molar-refractivity contribution in [1.29, 1.82) is 0 Å². The van der Waals surface area contributed by atoms with E-state index in [1.807, 2.05) is 0 Å². The number of hydrogen-bond acceptors (Lipinski definition) is 5. The molecule has 0 rings (SSSR count). The molecule has 0 aromatic carbocycles. The van der Waals surface area contributed by atoms with Gasteiger partial charge in [-0.25, -0.2) is 0 Å². The van der Waals surface area contributed by atoms with E-state index in [1.54, 1.807) is 0 Å². The van der Waals surface area contributed by atoms with Gasteiger partial charge in [-0.1, -0.05) is 211 Å². The van der Waals surface area contributed by atoms with Crippen LogP contribution in [0.4, 0.5) is 0 Å². The number of ether oxygens (including phenoxy) is 1. The minimum Gasteiger partial charge on any atom is -0.462 e. The molecule has 0 aliphatic rings. The van der Waals surface area contributed by atoms with Crippen molar-refractivity contribution in [1.82, 2.24) is 5.32 Å². The Labute approximate surface area is 366 Å². The molecule has 0 saturated carbocycles. The van der Waals surface area contributed by atoms with Crippen molar-refractivity contribution in [2.45, 2.75) is 283 Å². The first-order valence-electron chi connectivity index (χ1n) is 25.7. The number of rotatable bonds is 46. The minimum absolute atomic E-state index is 0.0641. The van der Waals surface area contributed by atoms with E-state index in [4.69, 9.17) is 4.74 Å². The summed E-state index contributed by atoms with van der Waals surface area (Å²) in [7, 11) is 0. The molecule has 0 aromatic rings. The van der Waals surface area contributed by atoms with Gasteiger partial charge in [-0.3, -0.25) is 9.59 Å². The van der Waals surface area contributed by atoms with Crippen LogP contribution in [0.2, 0.25) is 0 Å². The van der Waals surface area contributed by atoms with Crippen LogP contribution in [0.1, 0.15) is 265 Å². The van der Waals surface area contributed by atoms with Gasteiger partial charge in [0.15, 0.2) is 0 Å². The average Bonchev–Trinajstić information content (AvgIpc) is 3.23. The summed E-state index contributed by atoms with van der Waals surface area (Å²) in [6.45, 7) is 6.37. The van der Waals surface area contributed by atoms with E-state index >= 15 is 0 Å².